The molecule has 0 spiro atoms. The largest absolute Gasteiger partial charge is 0.392 e. The van der Waals surface area contributed by atoms with E-state index < -0.39 is 0 Å². The summed E-state index contributed by atoms with van der Waals surface area (Å²) in [5.74, 6) is 0. The predicted octanol–water partition coefficient (Wildman–Crippen LogP) is 1.45. The zero-order chi connectivity index (χ0) is 14.5. The van der Waals surface area contributed by atoms with Gasteiger partial charge in [-0.15, -0.1) is 0 Å². The molecule has 2 rings (SSSR count). The van der Waals surface area contributed by atoms with Gasteiger partial charge in [-0.05, 0) is 31.5 Å². The molecule has 108 valence electrons. The zero-order valence-corrected chi connectivity index (χ0v) is 12.3. The summed E-state index contributed by atoms with van der Waals surface area (Å²) in [6.45, 7) is 8.79. The molecule has 0 radical (unpaired) electrons. The van der Waals surface area contributed by atoms with Gasteiger partial charge in [-0.1, -0.05) is 12.1 Å². The fraction of sp³-hybridized carbons (Fsp3) is 0.562. The molecular weight excluding hydrogens is 250 g/mol. The van der Waals surface area contributed by atoms with E-state index in [-0.39, 0.29) is 6.10 Å². The number of rotatable bonds is 4. The monoisotopic (exact) mass is 273 g/mol. The number of β-amino-alcohol motifs (C(OH)–C–C–N with tert-alkyl or cyclic N) is 1. The summed E-state index contributed by atoms with van der Waals surface area (Å²) in [5, 5.41) is 18.3. The van der Waals surface area contributed by atoms with Crippen molar-refractivity contribution in [2.45, 2.75) is 32.5 Å². The molecule has 1 N–H and O–H groups in total. The summed E-state index contributed by atoms with van der Waals surface area (Å²) in [6.07, 6.45) is -0.262. The van der Waals surface area contributed by atoms with Crippen molar-refractivity contribution in [1.29, 1.82) is 5.26 Å². The Morgan fingerprint density at radius 1 is 1.35 bits per heavy atom. The van der Waals surface area contributed by atoms with Crippen LogP contribution in [0.1, 0.15) is 25.0 Å². The first-order chi connectivity index (χ1) is 9.58. The van der Waals surface area contributed by atoms with Crippen LogP contribution < -0.4 is 0 Å². The average Bonchev–Trinajstić information content (AvgIpc) is 2.42. The van der Waals surface area contributed by atoms with Crippen LogP contribution in [-0.4, -0.2) is 53.2 Å². The van der Waals surface area contributed by atoms with Crippen molar-refractivity contribution in [3.8, 4) is 6.07 Å². The lowest BCUT2D eigenvalue weighted by atomic mass is 10.1. The van der Waals surface area contributed by atoms with Crippen molar-refractivity contribution in [1.82, 2.24) is 9.80 Å². The van der Waals surface area contributed by atoms with Crippen LogP contribution in [0.15, 0.2) is 24.3 Å². The van der Waals surface area contributed by atoms with Crippen molar-refractivity contribution in [2.75, 3.05) is 26.2 Å². The third kappa shape index (κ3) is 4.04. The number of nitrogens with zero attached hydrogens (tertiary/aromatic N) is 3. The number of benzene rings is 1. The van der Waals surface area contributed by atoms with Crippen LogP contribution in [-0.2, 0) is 6.54 Å². The number of aliphatic hydroxyl groups is 1. The van der Waals surface area contributed by atoms with Gasteiger partial charge >= 0.3 is 0 Å². The minimum Gasteiger partial charge on any atom is -0.392 e. The lowest BCUT2D eigenvalue weighted by Crippen LogP contribution is -2.53. The minimum atomic E-state index is -0.262. The summed E-state index contributed by atoms with van der Waals surface area (Å²) >= 11 is 0. The Balaban J connectivity index is 1.88. The van der Waals surface area contributed by atoms with Gasteiger partial charge in [0.05, 0.1) is 17.7 Å². The quantitative estimate of drug-likeness (QED) is 0.902. The molecule has 2 atom stereocenters. The van der Waals surface area contributed by atoms with Gasteiger partial charge in [0.1, 0.15) is 0 Å². The van der Waals surface area contributed by atoms with Crippen LogP contribution >= 0.6 is 0 Å². The Bertz CT molecular complexity index is 464. The van der Waals surface area contributed by atoms with Crippen molar-refractivity contribution in [2.24, 2.45) is 0 Å². The molecule has 0 amide bonds. The van der Waals surface area contributed by atoms with E-state index in [1.807, 2.05) is 31.2 Å². The van der Waals surface area contributed by atoms with E-state index >= 15 is 0 Å². The molecule has 2 unspecified atom stereocenters. The van der Waals surface area contributed by atoms with E-state index in [0.717, 1.165) is 32.7 Å². The van der Waals surface area contributed by atoms with E-state index in [9.17, 15) is 5.11 Å². The van der Waals surface area contributed by atoms with E-state index in [1.165, 1.54) is 5.56 Å². The maximum absolute atomic E-state index is 9.49. The number of hydrogen-bond donors (Lipinski definition) is 1. The van der Waals surface area contributed by atoms with E-state index in [1.54, 1.807) is 0 Å². The van der Waals surface area contributed by atoms with Crippen LogP contribution in [0.5, 0.6) is 0 Å². The van der Waals surface area contributed by atoms with Crippen LogP contribution in [0, 0.1) is 11.3 Å². The van der Waals surface area contributed by atoms with Crippen LogP contribution in [0.25, 0.3) is 0 Å². The third-order valence-corrected chi connectivity index (χ3v) is 3.84. The van der Waals surface area contributed by atoms with Gasteiger partial charge in [0.15, 0.2) is 0 Å². The average molecular weight is 273 g/mol. The van der Waals surface area contributed by atoms with Crippen molar-refractivity contribution in [3.63, 3.8) is 0 Å². The summed E-state index contributed by atoms with van der Waals surface area (Å²) < 4.78 is 0. The zero-order valence-electron chi connectivity index (χ0n) is 12.3. The first-order valence-corrected chi connectivity index (χ1v) is 7.22. The molecule has 1 saturated heterocycles. The molecule has 4 heteroatoms. The molecule has 0 bridgehead atoms. The Hall–Kier alpha value is -1.41. The Morgan fingerprint density at radius 3 is 2.60 bits per heavy atom. The molecule has 0 aromatic heterocycles. The maximum atomic E-state index is 9.49. The Morgan fingerprint density at radius 2 is 2.05 bits per heavy atom. The predicted molar refractivity (Wildman–Crippen MR) is 79.1 cm³/mol. The molecule has 1 aromatic rings. The Kier molecular flexibility index (Phi) is 5.13. The highest BCUT2D eigenvalue weighted by molar-refractivity contribution is 5.31. The molecule has 0 saturated carbocycles. The SMILES string of the molecule is CC(O)CN1CCN(Cc2ccc(C#N)cc2)CC1C. The first kappa shape index (κ1) is 15.0. The topological polar surface area (TPSA) is 50.5 Å². The fourth-order valence-electron chi connectivity index (χ4n) is 2.77. The third-order valence-electron chi connectivity index (χ3n) is 3.84. The van der Waals surface area contributed by atoms with E-state index in [4.69, 9.17) is 5.26 Å². The number of piperazine rings is 1. The molecular formula is C16H23N3O. The van der Waals surface area contributed by atoms with Crippen molar-refractivity contribution in [3.05, 3.63) is 35.4 Å². The Labute approximate surface area is 121 Å². The second-order valence-electron chi connectivity index (χ2n) is 5.74. The normalized spacial score (nSPS) is 22.4. The fourth-order valence-corrected chi connectivity index (χ4v) is 2.77. The molecule has 1 fully saturated rings. The van der Waals surface area contributed by atoms with Crippen molar-refractivity contribution < 1.29 is 5.11 Å². The van der Waals surface area contributed by atoms with Crippen molar-refractivity contribution >= 4 is 0 Å². The number of nitriles is 1. The second-order valence-corrected chi connectivity index (χ2v) is 5.74. The van der Waals surface area contributed by atoms with Gasteiger partial charge in [-0.3, -0.25) is 9.80 Å². The number of aliphatic hydroxyl groups excluding tert-OH is 1. The van der Waals surface area contributed by atoms with E-state index in [2.05, 4.69) is 22.8 Å². The van der Waals surface area contributed by atoms with Crippen LogP contribution in [0.4, 0.5) is 0 Å². The smallest absolute Gasteiger partial charge is 0.0991 e. The van der Waals surface area contributed by atoms with Gasteiger partial charge in [0.2, 0.25) is 0 Å². The van der Waals surface area contributed by atoms with Crippen LogP contribution in [0.3, 0.4) is 0 Å². The second kappa shape index (κ2) is 6.85. The van der Waals surface area contributed by atoms with Gasteiger partial charge in [0, 0.05) is 38.8 Å². The standard InChI is InChI=1S/C16H23N3O/c1-13-10-18(7-8-19(13)11-14(2)20)12-16-5-3-15(9-17)4-6-16/h3-6,13-14,20H,7-8,10-12H2,1-2H3. The first-order valence-electron chi connectivity index (χ1n) is 7.22. The highest BCUT2D eigenvalue weighted by atomic mass is 16.3. The summed E-state index contributed by atoms with van der Waals surface area (Å²) in [4.78, 5) is 4.78. The van der Waals surface area contributed by atoms with E-state index in [0.29, 0.717) is 11.6 Å². The number of hydrogen-bond acceptors (Lipinski definition) is 4. The van der Waals surface area contributed by atoms with Crippen LogP contribution in [0.2, 0.25) is 0 Å². The van der Waals surface area contributed by atoms with Gasteiger partial charge in [0.25, 0.3) is 0 Å². The maximum Gasteiger partial charge on any atom is 0.0991 e. The minimum absolute atomic E-state index is 0.262. The highest BCUT2D eigenvalue weighted by Gasteiger charge is 2.24. The molecule has 0 aliphatic carbocycles. The molecule has 20 heavy (non-hydrogen) atoms. The molecule has 1 aliphatic rings. The molecule has 1 aliphatic heterocycles. The lowest BCUT2D eigenvalue weighted by molar-refractivity contribution is 0.0423. The lowest BCUT2D eigenvalue weighted by Gasteiger charge is -2.40. The van der Waals surface area contributed by atoms with Gasteiger partial charge < -0.3 is 5.11 Å². The summed E-state index contributed by atoms with van der Waals surface area (Å²) in [7, 11) is 0. The summed E-state index contributed by atoms with van der Waals surface area (Å²) in [5.41, 5.74) is 1.96. The van der Waals surface area contributed by atoms with Gasteiger partial charge in [-0.2, -0.15) is 5.26 Å². The highest BCUT2D eigenvalue weighted by Crippen LogP contribution is 2.14. The van der Waals surface area contributed by atoms with Gasteiger partial charge in [-0.25, -0.2) is 0 Å². The molecule has 1 heterocycles. The molecule has 1 aromatic carbocycles. The molecule has 4 nitrogen and oxygen atoms in total. The summed E-state index contributed by atoms with van der Waals surface area (Å²) in [6, 6.07) is 10.4.